The number of rotatable bonds is 1. The second-order valence-corrected chi connectivity index (χ2v) is 1.15. The van der Waals surface area contributed by atoms with Crippen molar-refractivity contribution in [3.05, 3.63) is 12.8 Å². The summed E-state index contributed by atoms with van der Waals surface area (Å²) in [5, 5.41) is 0. The van der Waals surface area contributed by atoms with Gasteiger partial charge in [0, 0.05) is 14.1 Å². The molecule has 46 valence electrons. The summed E-state index contributed by atoms with van der Waals surface area (Å²) in [5.74, 6) is 0. The Labute approximate surface area is 45.2 Å². The minimum absolute atomic E-state index is 0. The third kappa shape index (κ3) is 30.7. The zero-order valence-corrected chi connectivity index (χ0v) is 5.15. The molecule has 0 aromatic carbocycles. The van der Waals surface area contributed by atoms with Crippen molar-refractivity contribution in [2.24, 2.45) is 0 Å². The smallest absolute Gasteiger partial charge is 0.00554 e. The Balaban J connectivity index is -0.0000000800. The first kappa shape index (κ1) is 16.1. The predicted octanol–water partition coefficient (Wildman–Crippen LogP) is 1.02. The molecule has 0 rings (SSSR count). The van der Waals surface area contributed by atoms with Crippen LogP contribution in [0.15, 0.2) is 12.8 Å². The van der Waals surface area contributed by atoms with Crippen molar-refractivity contribution in [2.45, 2.75) is 0 Å². The van der Waals surface area contributed by atoms with Crippen molar-refractivity contribution >= 4 is 0 Å². The van der Waals surface area contributed by atoms with Crippen molar-refractivity contribution < 1.29 is 0 Å². The third-order valence-corrected chi connectivity index (χ3v) is 0.365. The molecule has 0 aromatic rings. The molecule has 0 amide bonds. The summed E-state index contributed by atoms with van der Waals surface area (Å²) in [6, 6.07) is 0. The van der Waals surface area contributed by atoms with Gasteiger partial charge in [0.05, 0.1) is 0 Å². The van der Waals surface area contributed by atoms with Crippen molar-refractivity contribution in [3.63, 3.8) is 0 Å². The van der Waals surface area contributed by atoms with Crippen LogP contribution in [0.1, 0.15) is 0 Å². The van der Waals surface area contributed by atoms with E-state index in [1.165, 1.54) is 0 Å². The fourth-order valence-corrected chi connectivity index (χ4v) is 0. The monoisotopic (exact) mass is 105 g/mol. The van der Waals surface area contributed by atoms with Crippen LogP contribution in [0.5, 0.6) is 0 Å². The van der Waals surface area contributed by atoms with E-state index in [0.29, 0.717) is 0 Å². The van der Waals surface area contributed by atoms with Gasteiger partial charge >= 0.3 is 0 Å². The molecular weight excluding hydrogens is 90.1 g/mol. The lowest BCUT2D eigenvalue weighted by Crippen LogP contribution is -1.97. The predicted molar refractivity (Wildman–Crippen MR) is 33.9 cm³/mol. The minimum Gasteiger partial charge on any atom is -0.384 e. The molecule has 0 radical (unpaired) electrons. The van der Waals surface area contributed by atoms with E-state index < -0.39 is 0 Å². The highest BCUT2D eigenvalue weighted by molar-refractivity contribution is 4.59. The Morgan fingerprint density at radius 3 is 1.43 bits per heavy atom. The zero-order valence-electron chi connectivity index (χ0n) is 5.15. The van der Waals surface area contributed by atoms with Crippen LogP contribution in [0.25, 0.3) is 0 Å². The van der Waals surface area contributed by atoms with E-state index in [1.54, 1.807) is 6.20 Å². The Kier molecular flexibility index (Phi) is 20.8. The van der Waals surface area contributed by atoms with Gasteiger partial charge in [0.1, 0.15) is 0 Å². The molecule has 3 nitrogen and oxygen atoms in total. The summed E-state index contributed by atoms with van der Waals surface area (Å²) < 4.78 is 0. The molecule has 7 heavy (non-hydrogen) atoms. The van der Waals surface area contributed by atoms with Crippen molar-refractivity contribution in [1.29, 1.82) is 0 Å². The number of hydrogen-bond acceptors (Lipinski definition) is 3. The van der Waals surface area contributed by atoms with Gasteiger partial charge in [0.2, 0.25) is 0 Å². The molecule has 0 aliphatic heterocycles. The van der Waals surface area contributed by atoms with E-state index in [4.69, 9.17) is 0 Å². The van der Waals surface area contributed by atoms with Crippen LogP contribution in [-0.2, 0) is 0 Å². The van der Waals surface area contributed by atoms with Crippen molar-refractivity contribution in [1.82, 2.24) is 17.2 Å². The van der Waals surface area contributed by atoms with E-state index >= 15 is 0 Å². The Bertz CT molecular complexity index is 33.9. The summed E-state index contributed by atoms with van der Waals surface area (Å²) >= 11 is 0. The SMILES string of the molecule is C=CN(C)C.N.N. The highest BCUT2D eigenvalue weighted by atomic mass is 15.0. The van der Waals surface area contributed by atoms with Gasteiger partial charge in [-0.25, -0.2) is 0 Å². The summed E-state index contributed by atoms with van der Waals surface area (Å²) in [4.78, 5) is 1.89. The normalized spacial score (nSPS) is 4.86. The van der Waals surface area contributed by atoms with Gasteiger partial charge in [0.25, 0.3) is 0 Å². The van der Waals surface area contributed by atoms with Crippen LogP contribution in [0.4, 0.5) is 0 Å². The highest BCUT2D eigenvalue weighted by Gasteiger charge is 1.61. The first-order valence-corrected chi connectivity index (χ1v) is 1.56. The quantitative estimate of drug-likeness (QED) is 0.522. The van der Waals surface area contributed by atoms with Gasteiger partial charge in [-0.2, -0.15) is 0 Å². The van der Waals surface area contributed by atoms with Gasteiger partial charge in [0.15, 0.2) is 0 Å². The molecule has 0 aliphatic rings. The zero-order chi connectivity index (χ0) is 4.28. The fourth-order valence-electron chi connectivity index (χ4n) is 0. The summed E-state index contributed by atoms with van der Waals surface area (Å²) in [5.41, 5.74) is 0. The molecule has 0 fully saturated rings. The third-order valence-electron chi connectivity index (χ3n) is 0.365. The lowest BCUT2D eigenvalue weighted by Gasteiger charge is -1.98. The second-order valence-electron chi connectivity index (χ2n) is 1.15. The highest BCUT2D eigenvalue weighted by Crippen LogP contribution is 1.64. The topological polar surface area (TPSA) is 73.2 Å². The summed E-state index contributed by atoms with van der Waals surface area (Å²) in [6.07, 6.45) is 1.75. The molecule has 0 heterocycles. The lowest BCUT2D eigenvalue weighted by molar-refractivity contribution is 0.566. The first-order valence-electron chi connectivity index (χ1n) is 1.56. The largest absolute Gasteiger partial charge is 0.384 e. The van der Waals surface area contributed by atoms with Gasteiger partial charge in [-0.15, -0.1) is 0 Å². The Hall–Kier alpha value is -0.540. The van der Waals surface area contributed by atoms with Gasteiger partial charge in [-0.05, 0) is 6.20 Å². The lowest BCUT2D eigenvalue weighted by atomic mass is 10.9. The number of hydrogen-bond donors (Lipinski definition) is 2. The van der Waals surface area contributed by atoms with E-state index in [1.807, 2.05) is 19.0 Å². The van der Waals surface area contributed by atoms with Gasteiger partial charge in [-0.3, -0.25) is 0 Å². The molecule has 0 spiro atoms. The summed E-state index contributed by atoms with van der Waals surface area (Å²) in [7, 11) is 3.88. The molecule has 0 bridgehead atoms. The number of nitrogens with zero attached hydrogens (tertiary/aromatic N) is 1. The van der Waals surface area contributed by atoms with E-state index in [-0.39, 0.29) is 12.3 Å². The van der Waals surface area contributed by atoms with Crippen LogP contribution < -0.4 is 12.3 Å². The molecule has 0 aliphatic carbocycles. The van der Waals surface area contributed by atoms with Crippen LogP contribution in [0.3, 0.4) is 0 Å². The molecule has 0 aromatic heterocycles. The van der Waals surface area contributed by atoms with Crippen LogP contribution in [0, 0.1) is 0 Å². The molecular formula is C4H15N3. The van der Waals surface area contributed by atoms with Crippen molar-refractivity contribution in [2.75, 3.05) is 14.1 Å². The second kappa shape index (κ2) is 9.07. The fraction of sp³-hybridized carbons (Fsp3) is 0.500. The molecule has 0 saturated heterocycles. The van der Waals surface area contributed by atoms with Crippen LogP contribution in [-0.4, -0.2) is 19.0 Å². The minimum atomic E-state index is 0. The average molecular weight is 105 g/mol. The Morgan fingerprint density at radius 1 is 1.29 bits per heavy atom. The molecule has 6 N–H and O–H groups in total. The van der Waals surface area contributed by atoms with Crippen LogP contribution in [0.2, 0.25) is 0 Å². The van der Waals surface area contributed by atoms with Crippen LogP contribution >= 0.6 is 0 Å². The standard InChI is InChI=1S/C4H9N.2H3N/c1-4-5(2)3;;/h4H,1H2,2-3H3;2*1H3. The van der Waals surface area contributed by atoms with E-state index in [2.05, 4.69) is 6.58 Å². The average Bonchev–Trinajstić information content (AvgIpc) is 1.38. The maximum absolute atomic E-state index is 3.49. The van der Waals surface area contributed by atoms with E-state index in [9.17, 15) is 0 Å². The van der Waals surface area contributed by atoms with Crippen molar-refractivity contribution in [3.8, 4) is 0 Å². The van der Waals surface area contributed by atoms with Gasteiger partial charge < -0.3 is 17.2 Å². The molecule has 0 unspecified atom stereocenters. The molecule has 0 atom stereocenters. The maximum Gasteiger partial charge on any atom is 0.00554 e. The molecule has 3 heteroatoms. The Morgan fingerprint density at radius 2 is 1.43 bits per heavy atom. The first-order chi connectivity index (χ1) is 2.27. The summed E-state index contributed by atoms with van der Waals surface area (Å²) in [6.45, 7) is 3.49. The van der Waals surface area contributed by atoms with Gasteiger partial charge in [-0.1, -0.05) is 6.58 Å². The van der Waals surface area contributed by atoms with E-state index in [0.717, 1.165) is 0 Å². The molecule has 0 saturated carbocycles. The maximum atomic E-state index is 3.49.